The van der Waals surface area contributed by atoms with Gasteiger partial charge in [-0.1, -0.05) is 12.8 Å². The Hall–Kier alpha value is 2.80. The minimum atomic E-state index is -4.43. The fourth-order valence-electron chi connectivity index (χ4n) is 5.45. The fourth-order valence-corrected chi connectivity index (χ4v) is 8.44. The summed E-state index contributed by atoms with van der Waals surface area (Å²) in [5.41, 5.74) is 0. The molecule has 0 amide bonds. The molecule has 14 nitrogen and oxygen atoms in total. The molecule has 0 spiro atoms. The predicted octanol–water partition coefficient (Wildman–Crippen LogP) is -6.83. The Morgan fingerprint density at radius 2 is 1.22 bits per heavy atom. The Labute approximate surface area is 329 Å². The van der Waals surface area contributed by atoms with Gasteiger partial charge in [0.25, 0.3) is 0 Å². The molecule has 0 aromatic carbocycles. The van der Waals surface area contributed by atoms with Gasteiger partial charge in [0.05, 0.1) is 33.5 Å². The van der Waals surface area contributed by atoms with Gasteiger partial charge in [-0.05, 0) is 51.5 Å². The fraction of sp³-hybridized carbons (Fsp3) is 1.00. The van der Waals surface area contributed by atoms with Crippen molar-refractivity contribution >= 4 is 30.3 Å². The van der Waals surface area contributed by atoms with Gasteiger partial charge in [-0.2, -0.15) is 4.31 Å². The molecule has 3 aliphatic rings. The molecule has 1 aliphatic heterocycles. The molecule has 0 aromatic rings. The van der Waals surface area contributed by atoms with Crippen LogP contribution in [0.3, 0.4) is 0 Å². The molecule has 230 valence electrons. The molecule has 3 fully saturated rings. The van der Waals surface area contributed by atoms with Gasteiger partial charge in [-0.15, -0.1) is 0 Å². The summed E-state index contributed by atoms with van der Waals surface area (Å²) >= 11 is 0. The van der Waals surface area contributed by atoms with Crippen LogP contribution < -0.4 is 103 Å². The van der Waals surface area contributed by atoms with E-state index in [-0.39, 0.29) is 148 Å². The number of ether oxygens (including phenoxy) is 2. The molecule has 19 heteroatoms. The number of hydrogen-bond acceptors (Lipinski definition) is 13. The average molecular weight is 699 g/mol. The summed E-state index contributed by atoms with van der Waals surface area (Å²) in [6, 6.07) is 0. The van der Waals surface area contributed by atoms with Crippen molar-refractivity contribution in [2.45, 2.75) is 80.9 Å². The van der Waals surface area contributed by atoms with E-state index in [1.54, 1.807) is 0 Å². The van der Waals surface area contributed by atoms with E-state index in [0.29, 0.717) is 58.3 Å². The third-order valence-electron chi connectivity index (χ3n) is 7.86. The molecule has 0 aromatic heterocycles. The topological polar surface area (TPSA) is 214 Å². The first-order valence-corrected chi connectivity index (χ1v) is 17.9. The number of nitrogens with zero attached hydrogens (tertiary/aromatic N) is 2. The minimum Gasteiger partial charge on any atom is -0.748 e. The van der Waals surface area contributed by atoms with Crippen LogP contribution in [0.25, 0.3) is 0 Å². The number of hydrogen-bond donors (Lipinski definition) is 2. The monoisotopic (exact) mass is 698 g/mol. The molecule has 2 N–H and O–H groups in total. The van der Waals surface area contributed by atoms with Crippen LogP contribution in [-0.4, -0.2) is 122 Å². The van der Waals surface area contributed by atoms with E-state index >= 15 is 0 Å². The van der Waals surface area contributed by atoms with E-state index in [1.807, 2.05) is 4.90 Å². The second-order valence-corrected chi connectivity index (χ2v) is 16.0. The summed E-state index contributed by atoms with van der Waals surface area (Å²) < 4.78 is 103. The van der Waals surface area contributed by atoms with Gasteiger partial charge in [0.2, 0.25) is 10.0 Å². The third-order valence-corrected chi connectivity index (χ3v) is 11.8. The molecule has 2 saturated carbocycles. The van der Waals surface area contributed by atoms with Crippen LogP contribution in [0, 0.1) is 11.8 Å². The third kappa shape index (κ3) is 14.6. The molecule has 7 unspecified atom stereocenters. The van der Waals surface area contributed by atoms with Crippen molar-refractivity contribution in [2.24, 2.45) is 11.8 Å². The number of sulfonamides is 1. The normalized spacial score (nSPS) is 29.6. The van der Waals surface area contributed by atoms with Crippen LogP contribution >= 0.6 is 0 Å². The van der Waals surface area contributed by atoms with E-state index < -0.39 is 65.2 Å². The van der Waals surface area contributed by atoms with Gasteiger partial charge in [-0.25, -0.2) is 25.3 Å². The van der Waals surface area contributed by atoms with Crippen molar-refractivity contribution in [1.29, 1.82) is 0 Å². The van der Waals surface area contributed by atoms with Crippen molar-refractivity contribution in [3.8, 4) is 0 Å². The van der Waals surface area contributed by atoms with Crippen molar-refractivity contribution in [1.82, 2.24) is 9.21 Å². The van der Waals surface area contributed by atoms with E-state index in [4.69, 9.17) is 9.47 Å². The summed E-state index contributed by atoms with van der Waals surface area (Å²) in [6.45, 7) is 1.67. The standard InChI is InChI=1S/C22H42N2O12S3.2K/c25-21(17-4-1-6-19(14-17)38(29,30)31)35-12-10-23(8-3-9-24-16-37(24,27)28)11-13-36-22(26)18-5-2-7-20(15-18)39(32,33)34;;/h17-22,25-26H,1-16H2,(H,29,30,31)(H,32,33,34);;/q;2*+1/p-2. The molecular weight excluding hydrogens is 659 g/mol. The van der Waals surface area contributed by atoms with Crippen molar-refractivity contribution in [3.63, 3.8) is 0 Å². The Bertz CT molecular complexity index is 1050. The first kappa shape index (κ1) is 41.8. The zero-order valence-electron chi connectivity index (χ0n) is 23.9. The van der Waals surface area contributed by atoms with E-state index in [2.05, 4.69) is 0 Å². The summed E-state index contributed by atoms with van der Waals surface area (Å²) in [5.74, 6) is -0.908. The van der Waals surface area contributed by atoms with E-state index in [0.717, 1.165) is 0 Å². The van der Waals surface area contributed by atoms with E-state index in [9.17, 15) is 44.6 Å². The smallest absolute Gasteiger partial charge is 0.748 e. The maximum Gasteiger partial charge on any atom is 1.00 e. The molecule has 1 saturated heterocycles. The Morgan fingerprint density at radius 1 is 0.805 bits per heavy atom. The second-order valence-electron chi connectivity index (χ2n) is 10.7. The number of aliphatic hydroxyl groups excluding tert-OH is 2. The minimum absolute atomic E-state index is 0. The summed E-state index contributed by atoms with van der Waals surface area (Å²) in [5, 5.41) is 18.8. The average Bonchev–Trinajstić information content (AvgIpc) is 3.48. The van der Waals surface area contributed by atoms with Crippen molar-refractivity contribution in [3.05, 3.63) is 0 Å². The van der Waals surface area contributed by atoms with Crippen LogP contribution in [0.1, 0.15) is 57.8 Å². The first-order valence-electron chi connectivity index (χ1n) is 13.4. The molecule has 1 heterocycles. The summed E-state index contributed by atoms with van der Waals surface area (Å²) in [7, 11) is -12.0. The van der Waals surface area contributed by atoms with Crippen molar-refractivity contribution < 1.29 is 157 Å². The quantitative estimate of drug-likeness (QED) is 0.0665. The van der Waals surface area contributed by atoms with Crippen LogP contribution in [0.4, 0.5) is 0 Å². The van der Waals surface area contributed by atoms with Crippen LogP contribution in [0.15, 0.2) is 0 Å². The maximum absolute atomic E-state index is 11.4. The van der Waals surface area contributed by atoms with Crippen LogP contribution in [0.2, 0.25) is 0 Å². The Morgan fingerprint density at radius 3 is 1.59 bits per heavy atom. The van der Waals surface area contributed by atoms with Gasteiger partial charge in [0, 0.05) is 42.0 Å². The molecule has 0 radical (unpaired) electrons. The zero-order valence-corrected chi connectivity index (χ0v) is 32.6. The largest absolute Gasteiger partial charge is 1.00 e. The summed E-state index contributed by atoms with van der Waals surface area (Å²) in [4.78, 5) is 1.91. The Balaban J connectivity index is 0.00000420. The zero-order chi connectivity index (χ0) is 28.8. The molecular formula is C22H40K2N2O12S3. The molecule has 2 aliphatic carbocycles. The maximum atomic E-state index is 11.4. The summed E-state index contributed by atoms with van der Waals surface area (Å²) in [6.07, 6.45) is 0.807. The van der Waals surface area contributed by atoms with Gasteiger partial charge < -0.3 is 28.8 Å². The first-order chi connectivity index (χ1) is 18.2. The van der Waals surface area contributed by atoms with Gasteiger partial charge in [0.1, 0.15) is 5.88 Å². The van der Waals surface area contributed by atoms with Crippen LogP contribution in [-0.2, 0) is 39.7 Å². The number of aliphatic hydroxyl groups is 2. The molecule has 7 atom stereocenters. The predicted molar refractivity (Wildman–Crippen MR) is 136 cm³/mol. The second kappa shape index (κ2) is 19.0. The SMILES string of the molecule is O=S(=O)([O-])C1CCCC(C(O)OCCN(CCCN2CS2(=O)=O)CCOC(O)C2CCCC(S(=O)(=O)[O-])C2)C1.[K+].[K+]. The molecule has 3 rings (SSSR count). The molecule has 0 bridgehead atoms. The van der Waals surface area contributed by atoms with Crippen molar-refractivity contribution in [2.75, 3.05) is 45.3 Å². The van der Waals surface area contributed by atoms with Gasteiger partial charge in [0.15, 0.2) is 12.6 Å². The molecule has 41 heavy (non-hydrogen) atoms. The Kier molecular flexibility index (Phi) is 19.3. The van der Waals surface area contributed by atoms with Crippen LogP contribution in [0.5, 0.6) is 0 Å². The van der Waals surface area contributed by atoms with E-state index in [1.165, 1.54) is 4.31 Å². The van der Waals surface area contributed by atoms with Gasteiger partial charge >= 0.3 is 103 Å². The van der Waals surface area contributed by atoms with Gasteiger partial charge in [-0.3, -0.25) is 4.90 Å². The number of rotatable bonds is 16.